The molecule has 0 spiro atoms. The summed E-state index contributed by atoms with van der Waals surface area (Å²) in [6.45, 7) is 4.09. The molecule has 1 saturated carbocycles. The molecule has 2 aromatic carbocycles. The van der Waals surface area contributed by atoms with Crippen molar-refractivity contribution in [1.29, 1.82) is 0 Å². The van der Waals surface area contributed by atoms with Gasteiger partial charge in [0.05, 0.1) is 5.52 Å². The third-order valence-corrected chi connectivity index (χ3v) is 9.32. The first-order valence-electron chi connectivity index (χ1n) is 13.4. The number of rotatable bonds is 10. The van der Waals surface area contributed by atoms with Gasteiger partial charge in [-0.15, -0.1) is 0 Å². The molecule has 5 rings (SSSR count). The van der Waals surface area contributed by atoms with Gasteiger partial charge in [-0.1, -0.05) is 57.0 Å². The van der Waals surface area contributed by atoms with E-state index in [0.717, 1.165) is 36.6 Å². The van der Waals surface area contributed by atoms with Crippen LogP contribution in [0.25, 0.3) is 10.9 Å². The number of pyridine rings is 1. The van der Waals surface area contributed by atoms with E-state index < -0.39 is 27.0 Å². The zero-order valence-corrected chi connectivity index (χ0v) is 22.7. The van der Waals surface area contributed by atoms with Gasteiger partial charge >= 0.3 is 5.97 Å². The number of anilines is 1. The molecule has 38 heavy (non-hydrogen) atoms. The maximum absolute atomic E-state index is 13.4. The molecular weight excluding hydrogens is 500 g/mol. The molecule has 1 saturated heterocycles. The average Bonchev–Trinajstić information content (AvgIpc) is 3.63. The van der Waals surface area contributed by atoms with Gasteiger partial charge in [-0.25, -0.2) is 8.42 Å². The van der Waals surface area contributed by atoms with Crippen molar-refractivity contribution in [1.82, 2.24) is 4.98 Å². The molecule has 2 fully saturated rings. The molecule has 1 aliphatic carbocycles. The van der Waals surface area contributed by atoms with Gasteiger partial charge in [0.15, 0.2) is 5.78 Å². The topological polar surface area (TPSA) is 102 Å². The van der Waals surface area contributed by atoms with Crippen LogP contribution in [0.15, 0.2) is 65.7 Å². The third kappa shape index (κ3) is 5.06. The number of cyclic esters (lactones) is 1. The van der Waals surface area contributed by atoms with Crippen LogP contribution in [0.1, 0.15) is 64.4 Å². The van der Waals surface area contributed by atoms with Gasteiger partial charge in [0.1, 0.15) is 16.4 Å². The van der Waals surface area contributed by atoms with Crippen molar-refractivity contribution < 1.29 is 22.7 Å². The highest BCUT2D eigenvalue weighted by Gasteiger charge is 2.60. The molecule has 200 valence electrons. The number of sulfonamides is 1. The van der Waals surface area contributed by atoms with Crippen LogP contribution in [0.2, 0.25) is 0 Å². The lowest BCUT2D eigenvalue weighted by atomic mass is 9.74. The van der Waals surface area contributed by atoms with Crippen molar-refractivity contribution in [2.24, 2.45) is 11.3 Å². The third-order valence-electron chi connectivity index (χ3n) is 7.91. The van der Waals surface area contributed by atoms with Crippen LogP contribution in [-0.2, 0) is 30.8 Å². The van der Waals surface area contributed by atoms with Crippen LogP contribution in [0.4, 0.5) is 5.69 Å². The lowest BCUT2D eigenvalue weighted by molar-refractivity contribution is -0.183. The molecule has 0 bridgehead atoms. The molecule has 7 nitrogen and oxygen atoms in total. The normalized spacial score (nSPS) is 20.2. The SMILES string of the molecule is CCCC1(CCC)CC(=O)C(C2(Cc3cccc(NS(=O)(=O)c4cccc5cccnc45)c3)CC2)C(=O)O1. The Bertz CT molecular complexity index is 1450. The van der Waals surface area contributed by atoms with Gasteiger partial charge in [0.25, 0.3) is 10.0 Å². The van der Waals surface area contributed by atoms with Crippen molar-refractivity contribution in [2.75, 3.05) is 4.72 Å². The van der Waals surface area contributed by atoms with E-state index in [4.69, 9.17) is 4.74 Å². The summed E-state index contributed by atoms with van der Waals surface area (Å²) in [5.41, 5.74) is 0.577. The number of hydrogen-bond donors (Lipinski definition) is 1. The summed E-state index contributed by atoms with van der Waals surface area (Å²) in [6.07, 6.45) is 7.02. The largest absolute Gasteiger partial charge is 0.458 e. The van der Waals surface area contributed by atoms with Crippen LogP contribution in [0.3, 0.4) is 0 Å². The van der Waals surface area contributed by atoms with E-state index in [1.165, 1.54) is 6.07 Å². The maximum Gasteiger partial charge on any atom is 0.317 e. The number of ketones is 1. The van der Waals surface area contributed by atoms with E-state index in [-0.39, 0.29) is 23.1 Å². The summed E-state index contributed by atoms with van der Waals surface area (Å²) in [7, 11) is -3.89. The molecule has 1 aromatic heterocycles. The van der Waals surface area contributed by atoms with E-state index in [1.807, 2.05) is 32.0 Å². The standard InChI is InChI=1S/C30H34N2O5S/c1-3-13-30(14-4-2)20-24(33)26(28(34)37-30)29(15-16-29)19-21-8-5-11-23(18-21)32-38(35,36)25-12-6-9-22-10-7-17-31-27(22)25/h5-12,17-18,26,32H,3-4,13-16,19-20H2,1-2H3. The fourth-order valence-corrected chi connectivity index (χ4v) is 7.38. The van der Waals surface area contributed by atoms with Gasteiger partial charge in [0, 0.05) is 23.7 Å². The fourth-order valence-electron chi connectivity index (χ4n) is 6.15. The predicted octanol–water partition coefficient (Wildman–Crippen LogP) is 5.83. The first-order chi connectivity index (χ1) is 18.2. The van der Waals surface area contributed by atoms with E-state index in [1.54, 1.807) is 36.5 Å². The van der Waals surface area contributed by atoms with Crippen molar-refractivity contribution in [3.63, 3.8) is 0 Å². The van der Waals surface area contributed by atoms with Gasteiger partial charge in [-0.2, -0.15) is 0 Å². The first-order valence-corrected chi connectivity index (χ1v) is 14.9. The number of fused-ring (bicyclic) bond motifs is 1. The van der Waals surface area contributed by atoms with E-state index >= 15 is 0 Å². The molecule has 2 aliphatic rings. The minimum atomic E-state index is -3.89. The number of Topliss-reactive ketones (excluding diaryl/α,β-unsaturated/α-hetero) is 1. The quantitative estimate of drug-likeness (QED) is 0.259. The van der Waals surface area contributed by atoms with Crippen LogP contribution < -0.4 is 4.72 Å². The number of carbonyl (C=O) groups excluding carboxylic acids is 2. The van der Waals surface area contributed by atoms with Gasteiger partial charge in [-0.05, 0) is 67.3 Å². The summed E-state index contributed by atoms with van der Waals surface area (Å²) in [5, 5.41) is 0.741. The van der Waals surface area contributed by atoms with Crippen LogP contribution in [0, 0.1) is 11.3 Å². The highest BCUT2D eigenvalue weighted by Crippen LogP contribution is 2.57. The Labute approximate surface area is 224 Å². The minimum Gasteiger partial charge on any atom is -0.458 e. The molecule has 1 atom stereocenters. The molecule has 3 aromatic rings. The summed E-state index contributed by atoms with van der Waals surface area (Å²) in [6, 6.07) is 15.8. The van der Waals surface area contributed by atoms with Gasteiger partial charge < -0.3 is 4.74 Å². The number of nitrogens with zero attached hydrogens (tertiary/aromatic N) is 1. The second kappa shape index (κ2) is 10.1. The second-order valence-corrected chi connectivity index (χ2v) is 12.5. The van der Waals surface area contributed by atoms with Crippen molar-refractivity contribution in [3.05, 3.63) is 66.4 Å². The van der Waals surface area contributed by atoms with Crippen LogP contribution in [0.5, 0.6) is 0 Å². The zero-order valence-electron chi connectivity index (χ0n) is 21.9. The second-order valence-electron chi connectivity index (χ2n) is 10.9. The summed E-state index contributed by atoms with van der Waals surface area (Å²) in [5.74, 6) is -1.16. The molecule has 1 aliphatic heterocycles. The number of para-hydroxylation sites is 1. The molecule has 1 unspecified atom stereocenters. The molecule has 2 heterocycles. The molecular formula is C30H34N2O5S. The fraction of sp³-hybridized carbons (Fsp3) is 0.433. The van der Waals surface area contributed by atoms with E-state index in [0.29, 0.717) is 30.5 Å². The molecule has 0 radical (unpaired) electrons. The number of benzene rings is 2. The van der Waals surface area contributed by atoms with Gasteiger partial charge in [0.2, 0.25) is 0 Å². The number of esters is 1. The van der Waals surface area contributed by atoms with Crippen molar-refractivity contribution in [3.8, 4) is 0 Å². The zero-order chi connectivity index (χ0) is 27.0. The number of nitrogens with one attached hydrogen (secondary N) is 1. The Hall–Kier alpha value is -3.26. The number of ether oxygens (including phenoxy) is 1. The number of aromatic nitrogens is 1. The Morgan fingerprint density at radius 2 is 1.71 bits per heavy atom. The Morgan fingerprint density at radius 1 is 1.00 bits per heavy atom. The van der Waals surface area contributed by atoms with Crippen molar-refractivity contribution in [2.45, 2.75) is 75.7 Å². The highest BCUT2D eigenvalue weighted by atomic mass is 32.2. The van der Waals surface area contributed by atoms with E-state index in [2.05, 4.69) is 9.71 Å². The lowest BCUT2D eigenvalue weighted by Gasteiger charge is -2.41. The Kier molecular flexibility index (Phi) is 7.03. The molecule has 1 N–H and O–H groups in total. The molecule has 0 amide bonds. The lowest BCUT2D eigenvalue weighted by Crippen LogP contribution is -2.50. The maximum atomic E-state index is 13.4. The summed E-state index contributed by atoms with van der Waals surface area (Å²) in [4.78, 5) is 31.0. The average molecular weight is 535 g/mol. The molecule has 8 heteroatoms. The smallest absolute Gasteiger partial charge is 0.317 e. The minimum absolute atomic E-state index is 0.0130. The Morgan fingerprint density at radius 3 is 2.39 bits per heavy atom. The van der Waals surface area contributed by atoms with Crippen LogP contribution >= 0.6 is 0 Å². The summed E-state index contributed by atoms with van der Waals surface area (Å²) < 4.78 is 35.2. The first kappa shape index (κ1) is 26.4. The Balaban J connectivity index is 1.35. The number of carbonyl (C=O) groups is 2. The highest BCUT2D eigenvalue weighted by molar-refractivity contribution is 7.93. The van der Waals surface area contributed by atoms with Crippen molar-refractivity contribution >= 4 is 38.4 Å². The summed E-state index contributed by atoms with van der Waals surface area (Å²) >= 11 is 0. The van der Waals surface area contributed by atoms with Crippen LogP contribution in [-0.4, -0.2) is 30.8 Å². The number of hydrogen-bond acceptors (Lipinski definition) is 6. The predicted molar refractivity (Wildman–Crippen MR) is 146 cm³/mol. The monoisotopic (exact) mass is 534 g/mol. The van der Waals surface area contributed by atoms with E-state index in [9.17, 15) is 18.0 Å². The van der Waals surface area contributed by atoms with Gasteiger partial charge in [-0.3, -0.25) is 19.3 Å².